The Morgan fingerprint density at radius 1 is 1.41 bits per heavy atom. The Morgan fingerprint density at radius 3 is 2.65 bits per heavy atom. The second-order valence-electron chi connectivity index (χ2n) is 4.34. The highest BCUT2D eigenvalue weighted by Crippen LogP contribution is 2.52. The molecule has 94 valence electrons. The first-order valence-electron chi connectivity index (χ1n) is 5.59. The normalized spacial score (nSPS) is 28.1. The van der Waals surface area contributed by atoms with Crippen LogP contribution in [-0.4, -0.2) is 31.1 Å². The maximum Gasteiger partial charge on any atom is 0.153 e. The highest BCUT2D eigenvalue weighted by molar-refractivity contribution is 7.92. The molecule has 0 radical (unpaired) electrons. The van der Waals surface area contributed by atoms with Gasteiger partial charge in [-0.25, -0.2) is 8.42 Å². The monoisotopic (exact) mass is 274 g/mol. The molecule has 1 N–H and O–H groups in total. The third kappa shape index (κ3) is 2.34. The number of rotatable bonds is 4. The summed E-state index contributed by atoms with van der Waals surface area (Å²) in [6.45, 7) is 1.54. The van der Waals surface area contributed by atoms with E-state index in [2.05, 4.69) is 0 Å². The zero-order chi connectivity index (χ0) is 12.6. The lowest BCUT2D eigenvalue weighted by Crippen LogP contribution is -2.13. The van der Waals surface area contributed by atoms with E-state index in [0.717, 1.165) is 5.56 Å². The standard InChI is InChI=1S/C12H15ClO3S/c1-2-17(15,16)12-10(7-14)11(12)8-4-3-5-9(13)6-8/h3-6,10-12,14H,2,7H2,1H3. The molecule has 1 aromatic rings. The molecular weight excluding hydrogens is 260 g/mol. The molecule has 1 aliphatic rings. The van der Waals surface area contributed by atoms with Crippen molar-refractivity contribution < 1.29 is 13.5 Å². The molecule has 0 saturated heterocycles. The lowest BCUT2D eigenvalue weighted by Gasteiger charge is -2.01. The third-order valence-corrected chi connectivity index (χ3v) is 5.87. The van der Waals surface area contributed by atoms with E-state index in [-0.39, 0.29) is 24.2 Å². The van der Waals surface area contributed by atoms with Crippen LogP contribution >= 0.6 is 11.6 Å². The maximum absolute atomic E-state index is 11.9. The van der Waals surface area contributed by atoms with Crippen molar-refractivity contribution >= 4 is 21.4 Å². The summed E-state index contributed by atoms with van der Waals surface area (Å²) in [6.07, 6.45) is 0. The van der Waals surface area contributed by atoms with Gasteiger partial charge in [0, 0.05) is 29.2 Å². The van der Waals surface area contributed by atoms with Crippen LogP contribution in [0, 0.1) is 5.92 Å². The number of benzene rings is 1. The molecule has 5 heteroatoms. The van der Waals surface area contributed by atoms with Crippen molar-refractivity contribution in [2.75, 3.05) is 12.4 Å². The Balaban J connectivity index is 2.29. The fourth-order valence-electron chi connectivity index (χ4n) is 2.39. The zero-order valence-electron chi connectivity index (χ0n) is 9.51. The van der Waals surface area contributed by atoms with Crippen LogP contribution in [0.5, 0.6) is 0 Å². The summed E-state index contributed by atoms with van der Waals surface area (Å²) >= 11 is 5.89. The number of hydrogen-bond donors (Lipinski definition) is 1. The predicted octanol–water partition coefficient (Wildman–Crippen LogP) is 1.85. The highest BCUT2D eigenvalue weighted by Gasteiger charge is 2.57. The van der Waals surface area contributed by atoms with Crippen molar-refractivity contribution in [3.8, 4) is 0 Å². The molecule has 2 rings (SSSR count). The molecule has 0 aromatic heterocycles. The second kappa shape index (κ2) is 4.59. The van der Waals surface area contributed by atoms with E-state index < -0.39 is 15.1 Å². The Morgan fingerprint density at radius 2 is 2.12 bits per heavy atom. The van der Waals surface area contributed by atoms with Crippen molar-refractivity contribution in [2.24, 2.45) is 5.92 Å². The maximum atomic E-state index is 11.9. The van der Waals surface area contributed by atoms with Gasteiger partial charge in [-0.05, 0) is 17.7 Å². The van der Waals surface area contributed by atoms with Gasteiger partial charge in [-0.3, -0.25) is 0 Å². The van der Waals surface area contributed by atoms with Crippen LogP contribution in [0.15, 0.2) is 24.3 Å². The van der Waals surface area contributed by atoms with Gasteiger partial charge < -0.3 is 5.11 Å². The Hall–Kier alpha value is -0.580. The third-order valence-electron chi connectivity index (χ3n) is 3.36. The SMILES string of the molecule is CCS(=O)(=O)C1C(CO)C1c1cccc(Cl)c1. The van der Waals surface area contributed by atoms with E-state index in [1.165, 1.54) is 0 Å². The van der Waals surface area contributed by atoms with E-state index in [1.807, 2.05) is 6.07 Å². The van der Waals surface area contributed by atoms with Gasteiger partial charge >= 0.3 is 0 Å². The molecule has 0 bridgehead atoms. The fraction of sp³-hybridized carbons (Fsp3) is 0.500. The average molecular weight is 275 g/mol. The van der Waals surface area contributed by atoms with Gasteiger partial charge in [-0.1, -0.05) is 30.7 Å². The summed E-state index contributed by atoms with van der Waals surface area (Å²) in [7, 11) is -3.10. The minimum Gasteiger partial charge on any atom is -0.396 e. The Labute approximate surface area is 106 Å². The van der Waals surface area contributed by atoms with E-state index in [4.69, 9.17) is 11.6 Å². The predicted molar refractivity (Wildman–Crippen MR) is 68.0 cm³/mol. The first kappa shape index (κ1) is 12.9. The summed E-state index contributed by atoms with van der Waals surface area (Å²) in [5.41, 5.74) is 0.901. The van der Waals surface area contributed by atoms with E-state index in [1.54, 1.807) is 25.1 Å². The van der Waals surface area contributed by atoms with Gasteiger partial charge in [-0.15, -0.1) is 0 Å². The topological polar surface area (TPSA) is 54.4 Å². The van der Waals surface area contributed by atoms with E-state index >= 15 is 0 Å². The lowest BCUT2D eigenvalue weighted by atomic mass is 10.1. The van der Waals surface area contributed by atoms with Crippen LogP contribution in [0.2, 0.25) is 5.02 Å². The number of sulfone groups is 1. The Bertz CT molecular complexity index is 512. The summed E-state index contributed by atoms with van der Waals surface area (Å²) in [4.78, 5) is 0. The minimum absolute atomic E-state index is 0.0962. The van der Waals surface area contributed by atoms with Gasteiger partial charge in [0.05, 0.1) is 5.25 Å². The van der Waals surface area contributed by atoms with Crippen LogP contribution in [-0.2, 0) is 9.84 Å². The number of aliphatic hydroxyl groups is 1. The summed E-state index contributed by atoms with van der Waals surface area (Å²) < 4.78 is 23.7. The zero-order valence-corrected chi connectivity index (χ0v) is 11.1. The molecule has 3 nitrogen and oxygen atoms in total. The fourth-order valence-corrected chi connectivity index (χ4v) is 4.48. The quantitative estimate of drug-likeness (QED) is 0.912. The van der Waals surface area contributed by atoms with Gasteiger partial charge in [0.2, 0.25) is 0 Å². The first-order chi connectivity index (χ1) is 8.01. The molecule has 1 aromatic carbocycles. The largest absolute Gasteiger partial charge is 0.396 e. The second-order valence-corrected chi connectivity index (χ2v) is 7.23. The van der Waals surface area contributed by atoms with Crippen molar-refractivity contribution in [3.05, 3.63) is 34.9 Å². The van der Waals surface area contributed by atoms with E-state index in [0.29, 0.717) is 5.02 Å². The van der Waals surface area contributed by atoms with Gasteiger partial charge in [0.15, 0.2) is 9.84 Å². The summed E-state index contributed by atoms with van der Waals surface area (Å²) in [5.74, 6) is -0.173. The molecule has 1 saturated carbocycles. The van der Waals surface area contributed by atoms with Crippen LogP contribution in [0.3, 0.4) is 0 Å². The molecule has 0 spiro atoms. The molecule has 17 heavy (non-hydrogen) atoms. The summed E-state index contributed by atoms with van der Waals surface area (Å²) in [5, 5.41) is 9.39. The molecule has 0 heterocycles. The smallest absolute Gasteiger partial charge is 0.153 e. The van der Waals surface area contributed by atoms with Gasteiger partial charge in [-0.2, -0.15) is 0 Å². The summed E-state index contributed by atoms with van der Waals surface area (Å²) in [6, 6.07) is 7.20. The molecule has 1 aliphatic carbocycles. The molecule has 0 aliphatic heterocycles. The molecule has 3 unspecified atom stereocenters. The Kier molecular flexibility index (Phi) is 3.48. The highest BCUT2D eigenvalue weighted by atomic mass is 35.5. The molecule has 1 fully saturated rings. The van der Waals surface area contributed by atoms with Crippen molar-refractivity contribution in [1.82, 2.24) is 0 Å². The number of aliphatic hydroxyl groups excluding tert-OH is 1. The van der Waals surface area contributed by atoms with E-state index in [9.17, 15) is 13.5 Å². The van der Waals surface area contributed by atoms with Crippen LogP contribution < -0.4 is 0 Å². The molecular formula is C12H15ClO3S. The average Bonchev–Trinajstić information content (AvgIpc) is 3.04. The van der Waals surface area contributed by atoms with Crippen LogP contribution in [0.25, 0.3) is 0 Å². The first-order valence-corrected chi connectivity index (χ1v) is 7.68. The van der Waals surface area contributed by atoms with Crippen molar-refractivity contribution in [1.29, 1.82) is 0 Å². The van der Waals surface area contributed by atoms with Gasteiger partial charge in [0.1, 0.15) is 0 Å². The number of halogens is 1. The number of hydrogen-bond acceptors (Lipinski definition) is 3. The lowest BCUT2D eigenvalue weighted by molar-refractivity contribution is 0.274. The van der Waals surface area contributed by atoms with Crippen LogP contribution in [0.1, 0.15) is 18.4 Å². The molecule has 3 atom stereocenters. The van der Waals surface area contributed by atoms with Crippen molar-refractivity contribution in [2.45, 2.75) is 18.1 Å². The van der Waals surface area contributed by atoms with Gasteiger partial charge in [0.25, 0.3) is 0 Å². The van der Waals surface area contributed by atoms with Crippen molar-refractivity contribution in [3.63, 3.8) is 0 Å². The molecule has 0 amide bonds. The van der Waals surface area contributed by atoms with Crippen LogP contribution in [0.4, 0.5) is 0 Å². The minimum atomic E-state index is -3.10.